The minimum Gasteiger partial charge on any atom is -0.376 e. The summed E-state index contributed by atoms with van der Waals surface area (Å²) in [5, 5.41) is 0. The van der Waals surface area contributed by atoms with Gasteiger partial charge in [-0.05, 0) is 42.9 Å². The van der Waals surface area contributed by atoms with Crippen LogP contribution >= 0.6 is 0 Å². The molecule has 0 aromatic heterocycles. The summed E-state index contributed by atoms with van der Waals surface area (Å²) >= 11 is 0. The van der Waals surface area contributed by atoms with E-state index in [-0.39, 0.29) is 17.3 Å². The monoisotopic (exact) mass is 326 g/mol. The van der Waals surface area contributed by atoms with Gasteiger partial charge in [-0.1, -0.05) is 42.5 Å². The molecule has 0 radical (unpaired) electrons. The van der Waals surface area contributed by atoms with E-state index in [9.17, 15) is 4.39 Å². The maximum absolute atomic E-state index is 14.2. The van der Waals surface area contributed by atoms with E-state index < -0.39 is 0 Å². The van der Waals surface area contributed by atoms with Crippen LogP contribution in [0.15, 0.2) is 48.5 Å². The largest absolute Gasteiger partial charge is 0.376 e. The zero-order valence-corrected chi connectivity index (χ0v) is 13.8. The molecule has 0 saturated heterocycles. The smallest absolute Gasteiger partial charge is 0.129 e. The first-order valence-electron chi connectivity index (χ1n) is 8.78. The fraction of sp³-hybridized carbons (Fsp3) is 0.429. The third-order valence-electron chi connectivity index (χ3n) is 5.44. The van der Waals surface area contributed by atoms with Gasteiger partial charge in [-0.3, -0.25) is 0 Å². The van der Waals surface area contributed by atoms with Crippen LogP contribution in [0.3, 0.4) is 0 Å². The Labute approximate surface area is 142 Å². The summed E-state index contributed by atoms with van der Waals surface area (Å²) in [4.78, 5) is 0. The van der Waals surface area contributed by atoms with E-state index >= 15 is 0 Å². The Morgan fingerprint density at radius 1 is 1.12 bits per heavy atom. The van der Waals surface area contributed by atoms with Crippen molar-refractivity contribution in [3.8, 4) is 0 Å². The minimum absolute atomic E-state index is 0.0880. The second-order valence-electron chi connectivity index (χ2n) is 7.05. The Balaban J connectivity index is 1.52. The average Bonchev–Trinajstić information content (AvgIpc) is 2.62. The zero-order chi connectivity index (χ0) is 16.4. The molecule has 1 aliphatic heterocycles. The first-order chi connectivity index (χ1) is 11.8. The van der Waals surface area contributed by atoms with E-state index in [1.54, 1.807) is 0 Å². The van der Waals surface area contributed by atoms with E-state index in [0.29, 0.717) is 19.8 Å². The maximum Gasteiger partial charge on any atom is 0.129 e. The molecular formula is C21H23FO2. The quantitative estimate of drug-likeness (QED) is 0.810. The Bertz CT molecular complexity index is 700. The van der Waals surface area contributed by atoms with Gasteiger partial charge in [0.1, 0.15) is 5.82 Å². The molecule has 2 unspecified atom stereocenters. The van der Waals surface area contributed by atoms with E-state index in [1.807, 2.05) is 24.3 Å². The molecule has 126 valence electrons. The van der Waals surface area contributed by atoms with Gasteiger partial charge in [0.25, 0.3) is 0 Å². The summed E-state index contributed by atoms with van der Waals surface area (Å²) in [6.45, 7) is 1.70. The van der Waals surface area contributed by atoms with E-state index in [0.717, 1.165) is 36.8 Å². The molecule has 1 spiro atoms. The summed E-state index contributed by atoms with van der Waals surface area (Å²) in [7, 11) is 0. The van der Waals surface area contributed by atoms with Crippen LogP contribution < -0.4 is 0 Å². The number of fused-ring (bicyclic) bond motifs is 2. The predicted molar refractivity (Wildman–Crippen MR) is 91.2 cm³/mol. The van der Waals surface area contributed by atoms with Crippen molar-refractivity contribution in [2.24, 2.45) is 0 Å². The SMILES string of the molecule is Fc1cccc2c1COCC21CCCC(OCc2ccccc2)C1. The zero-order valence-electron chi connectivity index (χ0n) is 13.8. The fourth-order valence-corrected chi connectivity index (χ4v) is 4.24. The Morgan fingerprint density at radius 2 is 2.00 bits per heavy atom. The van der Waals surface area contributed by atoms with Crippen LogP contribution in [-0.4, -0.2) is 12.7 Å². The number of hydrogen-bond acceptors (Lipinski definition) is 2. The number of ether oxygens (including phenoxy) is 2. The molecule has 0 bridgehead atoms. The molecule has 1 heterocycles. The molecule has 1 fully saturated rings. The standard InChI is InChI=1S/C21H23FO2/c22-20-10-4-9-19-18(20)14-23-15-21(19)11-5-8-17(12-21)24-13-16-6-2-1-3-7-16/h1-4,6-7,9-10,17H,5,8,11-15H2. The van der Waals surface area contributed by atoms with Gasteiger partial charge in [0.15, 0.2) is 0 Å². The molecule has 4 rings (SSSR count). The van der Waals surface area contributed by atoms with Gasteiger partial charge >= 0.3 is 0 Å². The van der Waals surface area contributed by atoms with Crippen molar-refractivity contribution in [2.45, 2.75) is 50.4 Å². The highest BCUT2D eigenvalue weighted by molar-refractivity contribution is 5.37. The molecule has 2 nitrogen and oxygen atoms in total. The highest BCUT2D eigenvalue weighted by Gasteiger charge is 2.42. The van der Waals surface area contributed by atoms with Crippen molar-refractivity contribution in [3.63, 3.8) is 0 Å². The molecule has 2 atom stereocenters. The number of hydrogen-bond donors (Lipinski definition) is 0. The van der Waals surface area contributed by atoms with Crippen LogP contribution in [0, 0.1) is 5.82 Å². The van der Waals surface area contributed by atoms with Crippen molar-refractivity contribution in [3.05, 3.63) is 71.0 Å². The summed E-state index contributed by atoms with van der Waals surface area (Å²) in [6.07, 6.45) is 4.33. The fourth-order valence-electron chi connectivity index (χ4n) is 4.24. The molecular weight excluding hydrogens is 303 g/mol. The summed E-state index contributed by atoms with van der Waals surface area (Å²) in [6, 6.07) is 15.7. The van der Waals surface area contributed by atoms with E-state index in [4.69, 9.17) is 9.47 Å². The van der Waals surface area contributed by atoms with Gasteiger partial charge in [0.05, 0.1) is 25.9 Å². The van der Waals surface area contributed by atoms with Gasteiger partial charge in [-0.15, -0.1) is 0 Å². The Morgan fingerprint density at radius 3 is 2.88 bits per heavy atom. The van der Waals surface area contributed by atoms with Gasteiger partial charge in [0, 0.05) is 11.0 Å². The molecule has 24 heavy (non-hydrogen) atoms. The van der Waals surface area contributed by atoms with Gasteiger partial charge in [-0.25, -0.2) is 4.39 Å². The molecule has 3 heteroatoms. The van der Waals surface area contributed by atoms with Crippen molar-refractivity contribution < 1.29 is 13.9 Å². The third-order valence-corrected chi connectivity index (χ3v) is 5.44. The van der Waals surface area contributed by atoms with Crippen LogP contribution in [0.1, 0.15) is 42.4 Å². The number of rotatable bonds is 3. The lowest BCUT2D eigenvalue weighted by Crippen LogP contribution is -2.43. The van der Waals surface area contributed by atoms with Crippen molar-refractivity contribution in [1.29, 1.82) is 0 Å². The number of halogens is 1. The Hall–Kier alpha value is -1.71. The molecule has 0 N–H and O–H groups in total. The van der Waals surface area contributed by atoms with Crippen LogP contribution in [0.25, 0.3) is 0 Å². The number of benzene rings is 2. The molecule has 2 aliphatic rings. The first-order valence-corrected chi connectivity index (χ1v) is 8.78. The molecule has 1 aliphatic carbocycles. The van der Waals surface area contributed by atoms with Gasteiger partial charge < -0.3 is 9.47 Å². The van der Waals surface area contributed by atoms with Gasteiger partial charge in [0.2, 0.25) is 0 Å². The summed E-state index contributed by atoms with van der Waals surface area (Å²) in [5.41, 5.74) is 2.99. The topological polar surface area (TPSA) is 18.5 Å². The first kappa shape index (κ1) is 15.8. The maximum atomic E-state index is 14.2. The third kappa shape index (κ3) is 2.99. The lowest BCUT2D eigenvalue weighted by atomic mass is 9.67. The van der Waals surface area contributed by atoms with Crippen molar-refractivity contribution in [2.75, 3.05) is 6.61 Å². The van der Waals surface area contributed by atoms with Gasteiger partial charge in [-0.2, -0.15) is 0 Å². The van der Waals surface area contributed by atoms with Crippen LogP contribution in [-0.2, 0) is 28.1 Å². The Kier molecular flexibility index (Phi) is 4.38. The highest BCUT2D eigenvalue weighted by atomic mass is 19.1. The van der Waals surface area contributed by atoms with Crippen molar-refractivity contribution >= 4 is 0 Å². The molecule has 1 saturated carbocycles. The predicted octanol–water partition coefficient (Wildman–Crippen LogP) is 4.75. The second-order valence-corrected chi connectivity index (χ2v) is 7.05. The molecule has 2 aromatic rings. The minimum atomic E-state index is -0.140. The summed E-state index contributed by atoms with van der Waals surface area (Å²) in [5.74, 6) is -0.140. The van der Waals surface area contributed by atoms with E-state index in [2.05, 4.69) is 18.2 Å². The van der Waals surface area contributed by atoms with E-state index in [1.165, 1.54) is 11.6 Å². The van der Waals surface area contributed by atoms with Crippen LogP contribution in [0.2, 0.25) is 0 Å². The molecule has 0 amide bonds. The summed E-state index contributed by atoms with van der Waals surface area (Å²) < 4.78 is 26.1. The lowest BCUT2D eigenvalue weighted by molar-refractivity contribution is -0.0393. The van der Waals surface area contributed by atoms with Crippen molar-refractivity contribution in [1.82, 2.24) is 0 Å². The van der Waals surface area contributed by atoms with Crippen LogP contribution in [0.4, 0.5) is 4.39 Å². The highest BCUT2D eigenvalue weighted by Crippen LogP contribution is 2.45. The van der Waals surface area contributed by atoms with Crippen LogP contribution in [0.5, 0.6) is 0 Å². The average molecular weight is 326 g/mol. The normalized spacial score (nSPS) is 26.3. The second kappa shape index (κ2) is 6.66. The lowest BCUT2D eigenvalue weighted by Gasteiger charge is -2.44. The molecule has 2 aromatic carbocycles.